The average Bonchev–Trinajstić information content (AvgIpc) is 4.02. The Labute approximate surface area is 395 Å². The zero-order valence-corrected chi connectivity index (χ0v) is 40.2. The summed E-state index contributed by atoms with van der Waals surface area (Å²) in [5, 5.41) is 33.5. The number of benzene rings is 4. The maximum atomic E-state index is 17.5. The standard InChI is InChI=1S/C47H50F2N8O10S2/c1-46(2,3)52-68(64,65)32-24-35(41(49)36(25-32)45(59)43-34-18-16-30(56(60)61)22-38(34)54(51-43)28-11-7-8-12-28)26-10-9-13-29(20-26)55-39-23-31(57(62)63)15-17-33(39)42(50-55)44(58)27-14-19-37(48)40(21-27)69(66,67)53-47(4,5)6/h14-19,21-26,28-29,52-53H,7-13,20H2,1-6H3. The van der Waals surface area contributed by atoms with Crippen LogP contribution in [0.4, 0.5) is 20.2 Å². The average molecular weight is 989 g/mol. The molecule has 2 unspecified atom stereocenters. The number of nitro benzene ring substituents is 2. The van der Waals surface area contributed by atoms with Crippen molar-refractivity contribution in [3.63, 3.8) is 0 Å². The van der Waals surface area contributed by atoms with Gasteiger partial charge in [-0.25, -0.2) is 35.1 Å². The van der Waals surface area contributed by atoms with Gasteiger partial charge < -0.3 is 0 Å². The van der Waals surface area contributed by atoms with Crippen LogP contribution in [0.1, 0.15) is 149 Å². The Morgan fingerprint density at radius 3 is 1.74 bits per heavy atom. The van der Waals surface area contributed by atoms with Crippen LogP contribution in [0.25, 0.3) is 21.8 Å². The Morgan fingerprint density at radius 1 is 0.667 bits per heavy atom. The van der Waals surface area contributed by atoms with E-state index in [-0.39, 0.29) is 62.6 Å². The van der Waals surface area contributed by atoms with Gasteiger partial charge in [-0.3, -0.25) is 39.2 Å². The summed E-state index contributed by atoms with van der Waals surface area (Å²) in [6, 6.07) is 11.7. The van der Waals surface area contributed by atoms with Gasteiger partial charge in [0, 0.05) is 51.7 Å². The van der Waals surface area contributed by atoms with Crippen molar-refractivity contribution in [2.24, 2.45) is 0 Å². The van der Waals surface area contributed by atoms with Crippen molar-refractivity contribution in [1.29, 1.82) is 0 Å². The fraction of sp³-hybridized carbons (Fsp3) is 0.404. The fourth-order valence-corrected chi connectivity index (χ4v) is 12.5. The van der Waals surface area contributed by atoms with Crippen LogP contribution in [0.15, 0.2) is 76.5 Å². The molecule has 2 heterocycles. The Kier molecular flexibility index (Phi) is 12.7. The molecule has 2 fully saturated rings. The van der Waals surface area contributed by atoms with E-state index >= 15 is 8.78 Å². The van der Waals surface area contributed by atoms with Gasteiger partial charge in [0.15, 0.2) is 0 Å². The molecule has 6 aromatic rings. The van der Waals surface area contributed by atoms with Crippen LogP contribution in [-0.2, 0) is 20.0 Å². The van der Waals surface area contributed by atoms with Crippen molar-refractivity contribution >= 4 is 64.8 Å². The molecule has 69 heavy (non-hydrogen) atoms. The molecule has 18 nitrogen and oxygen atoms in total. The summed E-state index contributed by atoms with van der Waals surface area (Å²) in [6.07, 6.45) is 4.24. The number of rotatable bonds is 13. The van der Waals surface area contributed by atoms with Gasteiger partial charge in [-0.2, -0.15) is 10.2 Å². The number of non-ortho nitro benzene ring substituents is 2. The summed E-state index contributed by atoms with van der Waals surface area (Å²) in [6.45, 7) is 9.54. The highest BCUT2D eigenvalue weighted by Gasteiger charge is 2.36. The predicted molar refractivity (Wildman–Crippen MR) is 250 cm³/mol. The Balaban J connectivity index is 1.23. The Hall–Kier alpha value is -6.36. The summed E-state index contributed by atoms with van der Waals surface area (Å²) >= 11 is 0. The van der Waals surface area contributed by atoms with Crippen molar-refractivity contribution in [3.8, 4) is 0 Å². The number of sulfonamides is 2. The van der Waals surface area contributed by atoms with Gasteiger partial charge in [0.05, 0.1) is 43.4 Å². The third-order valence-corrected chi connectivity index (χ3v) is 15.8. The molecule has 0 amide bonds. The van der Waals surface area contributed by atoms with Gasteiger partial charge in [-0.15, -0.1) is 0 Å². The summed E-state index contributed by atoms with van der Waals surface area (Å²) in [5.41, 5.74) is -3.49. The lowest BCUT2D eigenvalue weighted by atomic mass is 9.80. The molecule has 0 bridgehead atoms. The van der Waals surface area contributed by atoms with E-state index < -0.39 is 91.5 Å². The smallest absolute Gasteiger partial charge is 0.271 e. The molecule has 22 heteroatoms. The first kappa shape index (κ1) is 49.1. The fourth-order valence-electron chi connectivity index (χ4n) is 9.46. The monoisotopic (exact) mass is 988 g/mol. The highest BCUT2D eigenvalue weighted by Crippen LogP contribution is 2.43. The topological polar surface area (TPSA) is 248 Å². The van der Waals surface area contributed by atoms with Crippen LogP contribution in [0.2, 0.25) is 0 Å². The van der Waals surface area contributed by atoms with Crippen LogP contribution in [0.5, 0.6) is 0 Å². The Morgan fingerprint density at radius 2 is 1.19 bits per heavy atom. The largest absolute Gasteiger partial charge is 0.287 e. The number of nitrogens with zero attached hydrogens (tertiary/aromatic N) is 6. The van der Waals surface area contributed by atoms with Crippen molar-refractivity contribution in [2.75, 3.05) is 0 Å². The van der Waals surface area contributed by atoms with Crippen LogP contribution >= 0.6 is 0 Å². The van der Waals surface area contributed by atoms with E-state index in [1.54, 1.807) is 46.2 Å². The second-order valence-electron chi connectivity index (χ2n) is 19.8. The van der Waals surface area contributed by atoms with E-state index in [2.05, 4.69) is 19.6 Å². The van der Waals surface area contributed by atoms with Crippen LogP contribution in [0, 0.1) is 31.9 Å². The van der Waals surface area contributed by atoms with Crippen molar-refractivity contribution in [1.82, 2.24) is 29.0 Å². The summed E-state index contributed by atoms with van der Waals surface area (Å²) in [7, 11) is -8.87. The highest BCUT2D eigenvalue weighted by atomic mass is 32.2. The van der Waals surface area contributed by atoms with Crippen molar-refractivity contribution in [2.45, 2.75) is 132 Å². The molecule has 2 aromatic heterocycles. The molecule has 4 aromatic carbocycles. The molecule has 0 spiro atoms. The number of halogens is 2. The number of aromatic nitrogens is 4. The summed E-state index contributed by atoms with van der Waals surface area (Å²) in [5.74, 6) is -4.66. The molecule has 0 saturated heterocycles. The van der Waals surface area contributed by atoms with Gasteiger partial charge in [0.1, 0.15) is 27.9 Å². The van der Waals surface area contributed by atoms with Gasteiger partial charge in [0.25, 0.3) is 11.4 Å². The second-order valence-corrected chi connectivity index (χ2v) is 23.2. The molecule has 2 aliphatic rings. The molecule has 8 rings (SSSR count). The molecule has 0 aliphatic heterocycles. The number of ketones is 2. The third kappa shape index (κ3) is 9.79. The lowest BCUT2D eigenvalue weighted by Crippen LogP contribution is -2.40. The third-order valence-electron chi connectivity index (χ3n) is 12.3. The van der Waals surface area contributed by atoms with Crippen LogP contribution in [-0.4, -0.2) is 68.9 Å². The second kappa shape index (κ2) is 17.9. The van der Waals surface area contributed by atoms with Gasteiger partial charge in [-0.1, -0.05) is 19.3 Å². The molecule has 2 aliphatic carbocycles. The minimum atomic E-state index is -4.45. The molecule has 0 radical (unpaired) electrons. The quantitative estimate of drug-likeness (QED) is 0.0625. The lowest BCUT2D eigenvalue weighted by Gasteiger charge is -2.31. The van der Waals surface area contributed by atoms with Crippen molar-refractivity contribution < 1.29 is 45.1 Å². The van der Waals surface area contributed by atoms with E-state index in [1.807, 2.05) is 0 Å². The normalized spacial score (nSPS) is 17.4. The molecular formula is C47H50F2N8O10S2. The van der Waals surface area contributed by atoms with E-state index in [0.717, 1.165) is 37.1 Å². The summed E-state index contributed by atoms with van der Waals surface area (Å²) in [4.78, 5) is 50.6. The lowest BCUT2D eigenvalue weighted by molar-refractivity contribution is -0.384. The number of hydrogen-bond acceptors (Lipinski definition) is 12. The first-order valence-electron chi connectivity index (χ1n) is 22.4. The van der Waals surface area contributed by atoms with E-state index in [4.69, 9.17) is 0 Å². The first-order valence-corrected chi connectivity index (χ1v) is 25.3. The molecule has 2 N–H and O–H groups in total. The number of hydrogen-bond donors (Lipinski definition) is 2. The van der Waals surface area contributed by atoms with Crippen LogP contribution < -0.4 is 9.44 Å². The van der Waals surface area contributed by atoms with Crippen molar-refractivity contribution in [3.05, 3.63) is 127 Å². The van der Waals surface area contributed by atoms with Gasteiger partial charge >= 0.3 is 0 Å². The van der Waals surface area contributed by atoms with Crippen LogP contribution in [0.3, 0.4) is 0 Å². The SMILES string of the molecule is CC(C)(C)NS(=O)(=O)c1cc(C(=O)c2nn(C3CCCC3)c3cc([N+](=O)[O-])ccc23)c(F)c(C2CCCC(n3nc(C(=O)c4ccc(F)c(S(=O)(=O)NC(C)(C)C)c4)c4ccc([N+](=O)[O-])cc43)C2)c1. The van der Waals surface area contributed by atoms with Gasteiger partial charge in [0.2, 0.25) is 31.6 Å². The zero-order valence-electron chi connectivity index (χ0n) is 38.6. The molecule has 2 saturated carbocycles. The van der Waals surface area contributed by atoms with E-state index in [1.165, 1.54) is 47.1 Å². The van der Waals surface area contributed by atoms with E-state index in [9.17, 15) is 46.7 Å². The maximum Gasteiger partial charge on any atom is 0.271 e. The Bertz CT molecular complexity index is 3350. The number of fused-ring (bicyclic) bond motifs is 2. The number of nitrogens with one attached hydrogen (secondary N) is 2. The zero-order chi connectivity index (χ0) is 50.1. The molecule has 2 atom stereocenters. The maximum absolute atomic E-state index is 17.5. The minimum absolute atomic E-state index is 0.0498. The number of carbonyl (C=O) groups excluding carboxylic acids is 2. The summed E-state index contributed by atoms with van der Waals surface area (Å²) < 4.78 is 95.0. The van der Waals surface area contributed by atoms with E-state index in [0.29, 0.717) is 37.6 Å². The number of carbonyl (C=O) groups is 2. The molecular weight excluding hydrogens is 939 g/mol. The highest BCUT2D eigenvalue weighted by molar-refractivity contribution is 7.89. The molecule has 364 valence electrons. The van der Waals surface area contributed by atoms with Gasteiger partial charge in [-0.05, 0) is 128 Å². The number of nitro groups is 2. The minimum Gasteiger partial charge on any atom is -0.287 e. The first-order chi connectivity index (χ1) is 32.2. The predicted octanol–water partition coefficient (Wildman–Crippen LogP) is 9.11.